The maximum atomic E-state index is 13.1. The number of hydrogen-bond donors (Lipinski definition) is 1. The van der Waals surface area contributed by atoms with E-state index in [4.69, 9.17) is 4.74 Å². The van der Waals surface area contributed by atoms with Gasteiger partial charge in [-0.15, -0.1) is 0 Å². The van der Waals surface area contributed by atoms with Gasteiger partial charge in [-0.3, -0.25) is 14.5 Å². The molecular weight excluding hydrogens is 450 g/mol. The van der Waals surface area contributed by atoms with E-state index in [0.29, 0.717) is 6.54 Å². The molecule has 2 aromatic rings. The molecule has 1 N–H and O–H groups in total. The molecule has 0 atom stereocenters. The topological polar surface area (TPSA) is 58.6 Å². The predicted molar refractivity (Wildman–Crippen MR) is 106 cm³/mol. The quantitative estimate of drug-likeness (QED) is 0.475. The highest BCUT2D eigenvalue weighted by molar-refractivity contribution is 14.1. The second-order valence-electron chi connectivity index (χ2n) is 5.60. The average Bonchev–Trinajstić information content (AvgIpc) is 2.59. The fourth-order valence-electron chi connectivity index (χ4n) is 2.36. The van der Waals surface area contributed by atoms with Crippen molar-refractivity contribution >= 4 is 40.2 Å². The lowest BCUT2D eigenvalue weighted by Gasteiger charge is -2.21. The van der Waals surface area contributed by atoms with Crippen LogP contribution in [0.3, 0.4) is 0 Å². The Kier molecular flexibility index (Phi) is 7.99. The number of halogens is 2. The number of esters is 1. The van der Waals surface area contributed by atoms with Crippen molar-refractivity contribution in [2.24, 2.45) is 0 Å². The van der Waals surface area contributed by atoms with Crippen LogP contribution in [0.5, 0.6) is 0 Å². The van der Waals surface area contributed by atoms with Gasteiger partial charge in [0.15, 0.2) is 0 Å². The molecule has 0 spiro atoms. The molecule has 0 unspecified atom stereocenters. The van der Waals surface area contributed by atoms with Gasteiger partial charge in [0.05, 0.1) is 25.4 Å². The predicted octanol–water partition coefficient (Wildman–Crippen LogP) is 3.43. The smallest absolute Gasteiger partial charge is 0.320 e. The summed E-state index contributed by atoms with van der Waals surface area (Å²) >= 11 is 2.14. The summed E-state index contributed by atoms with van der Waals surface area (Å²) in [4.78, 5) is 25.9. The van der Waals surface area contributed by atoms with Crippen molar-refractivity contribution in [1.82, 2.24) is 4.90 Å². The number of nitrogens with zero attached hydrogens (tertiary/aromatic N) is 1. The molecule has 7 heteroatoms. The van der Waals surface area contributed by atoms with E-state index in [1.807, 2.05) is 24.3 Å². The molecule has 2 rings (SSSR count). The Labute approximate surface area is 165 Å². The van der Waals surface area contributed by atoms with E-state index in [1.165, 1.54) is 12.1 Å². The number of amides is 1. The number of nitrogens with one attached hydrogen (secondary N) is 1. The fourth-order valence-corrected chi connectivity index (χ4v) is 2.88. The van der Waals surface area contributed by atoms with Gasteiger partial charge in [-0.25, -0.2) is 4.39 Å². The summed E-state index contributed by atoms with van der Waals surface area (Å²) in [6.07, 6.45) is 0. The van der Waals surface area contributed by atoms with Crippen molar-refractivity contribution in [3.63, 3.8) is 0 Å². The van der Waals surface area contributed by atoms with Crippen LogP contribution in [0.4, 0.5) is 10.1 Å². The molecule has 0 bridgehead atoms. The van der Waals surface area contributed by atoms with Crippen LogP contribution in [0, 0.1) is 9.39 Å². The Morgan fingerprint density at radius 1 is 1.12 bits per heavy atom. The van der Waals surface area contributed by atoms with E-state index < -0.39 is 5.97 Å². The van der Waals surface area contributed by atoms with Crippen molar-refractivity contribution in [3.05, 3.63) is 63.5 Å². The lowest BCUT2D eigenvalue weighted by molar-refractivity contribution is -0.144. The Morgan fingerprint density at radius 2 is 1.81 bits per heavy atom. The first kappa shape index (κ1) is 20.3. The van der Waals surface area contributed by atoms with Gasteiger partial charge < -0.3 is 10.1 Å². The average molecular weight is 470 g/mol. The van der Waals surface area contributed by atoms with Crippen molar-refractivity contribution < 1.29 is 18.7 Å². The first-order valence-corrected chi connectivity index (χ1v) is 9.22. The molecule has 1 amide bonds. The third-order valence-corrected chi connectivity index (χ3v) is 4.43. The van der Waals surface area contributed by atoms with Crippen molar-refractivity contribution in [2.75, 3.05) is 25.0 Å². The molecule has 0 radical (unpaired) electrons. The number of benzene rings is 2. The van der Waals surface area contributed by atoms with Gasteiger partial charge >= 0.3 is 5.97 Å². The fraction of sp³-hybridized carbons (Fsp3) is 0.263. The Morgan fingerprint density at radius 3 is 2.46 bits per heavy atom. The van der Waals surface area contributed by atoms with Gasteiger partial charge in [0, 0.05) is 10.1 Å². The van der Waals surface area contributed by atoms with Crippen LogP contribution in [-0.4, -0.2) is 36.5 Å². The second-order valence-corrected chi connectivity index (χ2v) is 6.77. The monoisotopic (exact) mass is 470 g/mol. The van der Waals surface area contributed by atoms with E-state index in [0.717, 1.165) is 14.8 Å². The molecule has 2 aromatic carbocycles. The molecule has 0 aliphatic rings. The van der Waals surface area contributed by atoms with E-state index in [-0.39, 0.29) is 31.4 Å². The molecule has 0 saturated carbocycles. The maximum Gasteiger partial charge on any atom is 0.320 e. The number of ether oxygens (including phenoxy) is 1. The van der Waals surface area contributed by atoms with Gasteiger partial charge in [-0.1, -0.05) is 24.3 Å². The summed E-state index contributed by atoms with van der Waals surface area (Å²) < 4.78 is 19.0. The second kappa shape index (κ2) is 10.2. The Balaban J connectivity index is 2.04. The van der Waals surface area contributed by atoms with Crippen LogP contribution in [0.1, 0.15) is 12.5 Å². The van der Waals surface area contributed by atoms with E-state index >= 15 is 0 Å². The van der Waals surface area contributed by atoms with Crippen LogP contribution in [0.15, 0.2) is 48.5 Å². The highest BCUT2D eigenvalue weighted by Crippen LogP contribution is 2.17. The minimum absolute atomic E-state index is 0.0150. The van der Waals surface area contributed by atoms with E-state index in [1.54, 1.807) is 24.0 Å². The summed E-state index contributed by atoms with van der Waals surface area (Å²) in [5.74, 6) is -0.973. The molecule has 5 nitrogen and oxygen atoms in total. The van der Waals surface area contributed by atoms with Crippen LogP contribution in [0.2, 0.25) is 0 Å². The largest absolute Gasteiger partial charge is 0.465 e. The summed E-state index contributed by atoms with van der Waals surface area (Å²) in [6.45, 7) is 2.33. The Bertz CT molecular complexity index is 753. The zero-order chi connectivity index (χ0) is 18.9. The molecule has 0 aliphatic carbocycles. The number of hydrogen-bond acceptors (Lipinski definition) is 4. The van der Waals surface area contributed by atoms with Crippen LogP contribution in [0.25, 0.3) is 0 Å². The third-order valence-electron chi connectivity index (χ3n) is 3.49. The van der Waals surface area contributed by atoms with Gasteiger partial charge in [0.25, 0.3) is 0 Å². The highest BCUT2D eigenvalue weighted by Gasteiger charge is 2.16. The molecular formula is C19H20FIN2O3. The molecule has 0 fully saturated rings. The standard InChI is InChI=1S/C19H20FIN2O3/c1-2-26-19(25)13-23(11-14-7-9-15(20)10-8-14)12-18(24)22-17-6-4-3-5-16(17)21/h3-10H,2,11-13H2,1H3,(H,22,24). The molecule has 138 valence electrons. The normalized spacial score (nSPS) is 10.6. The molecule has 26 heavy (non-hydrogen) atoms. The zero-order valence-electron chi connectivity index (χ0n) is 14.4. The van der Waals surface area contributed by atoms with Gasteiger partial charge in [0.1, 0.15) is 5.82 Å². The number of rotatable bonds is 8. The van der Waals surface area contributed by atoms with Gasteiger partial charge in [-0.2, -0.15) is 0 Å². The number of carbonyl (C=O) groups is 2. The summed E-state index contributed by atoms with van der Waals surface area (Å²) in [5.41, 5.74) is 1.52. The van der Waals surface area contributed by atoms with E-state index in [9.17, 15) is 14.0 Å². The number of anilines is 1. The zero-order valence-corrected chi connectivity index (χ0v) is 16.5. The van der Waals surface area contributed by atoms with Crippen molar-refractivity contribution in [3.8, 4) is 0 Å². The number of para-hydroxylation sites is 1. The maximum absolute atomic E-state index is 13.1. The minimum atomic E-state index is -0.406. The molecule has 0 aliphatic heterocycles. The first-order chi connectivity index (χ1) is 12.5. The Hall–Kier alpha value is -2.00. The molecule has 0 saturated heterocycles. The third kappa shape index (κ3) is 6.72. The van der Waals surface area contributed by atoms with Gasteiger partial charge in [-0.05, 0) is 59.3 Å². The summed E-state index contributed by atoms with van der Waals surface area (Å²) in [5, 5.41) is 2.84. The lowest BCUT2D eigenvalue weighted by atomic mass is 10.2. The SMILES string of the molecule is CCOC(=O)CN(CC(=O)Nc1ccccc1I)Cc1ccc(F)cc1. The molecule has 0 heterocycles. The highest BCUT2D eigenvalue weighted by atomic mass is 127. The minimum Gasteiger partial charge on any atom is -0.465 e. The van der Waals surface area contributed by atoms with E-state index in [2.05, 4.69) is 27.9 Å². The number of carbonyl (C=O) groups excluding carboxylic acids is 2. The molecule has 0 aromatic heterocycles. The van der Waals surface area contributed by atoms with Crippen LogP contribution >= 0.6 is 22.6 Å². The van der Waals surface area contributed by atoms with Crippen LogP contribution in [-0.2, 0) is 20.9 Å². The summed E-state index contributed by atoms with van der Waals surface area (Å²) in [7, 11) is 0. The van der Waals surface area contributed by atoms with Crippen molar-refractivity contribution in [2.45, 2.75) is 13.5 Å². The van der Waals surface area contributed by atoms with Crippen molar-refractivity contribution in [1.29, 1.82) is 0 Å². The first-order valence-electron chi connectivity index (χ1n) is 8.14. The van der Waals surface area contributed by atoms with Gasteiger partial charge in [0.2, 0.25) is 5.91 Å². The lowest BCUT2D eigenvalue weighted by Crippen LogP contribution is -2.37. The summed E-state index contributed by atoms with van der Waals surface area (Å²) in [6, 6.07) is 13.4. The van der Waals surface area contributed by atoms with Crippen LogP contribution < -0.4 is 5.32 Å².